The molecule has 2 aromatic heterocycles. The largest absolute Gasteiger partial charge is 0.457 e. The van der Waals surface area contributed by atoms with Gasteiger partial charge in [0.05, 0.1) is 15.7 Å². The number of ether oxygens (including phenoxy) is 1. The van der Waals surface area contributed by atoms with Gasteiger partial charge in [0, 0.05) is 23.7 Å². The molecule has 2 aliphatic carbocycles. The molecule has 2 saturated carbocycles. The lowest BCUT2D eigenvalue weighted by Gasteiger charge is -2.21. The number of aromatic nitrogens is 2. The first-order valence-electron chi connectivity index (χ1n) is 10.5. The Morgan fingerprint density at radius 1 is 1.00 bits per heavy atom. The van der Waals surface area contributed by atoms with Gasteiger partial charge in [-0.2, -0.15) is 0 Å². The zero-order valence-electron chi connectivity index (χ0n) is 16.2. The number of nitrogens with zero attached hydrogens (tertiary/aromatic N) is 2. The summed E-state index contributed by atoms with van der Waals surface area (Å²) in [5.41, 5.74) is 1.97. The van der Waals surface area contributed by atoms with Crippen molar-refractivity contribution < 1.29 is 4.74 Å². The van der Waals surface area contributed by atoms with Gasteiger partial charge in [0.25, 0.3) is 0 Å². The van der Waals surface area contributed by atoms with Crippen LogP contribution in [0.1, 0.15) is 32.1 Å². The average molecular weight is 402 g/mol. The van der Waals surface area contributed by atoms with Crippen molar-refractivity contribution in [1.29, 1.82) is 0 Å². The van der Waals surface area contributed by atoms with Gasteiger partial charge in [-0.15, -0.1) is 0 Å². The predicted molar refractivity (Wildman–Crippen MR) is 119 cm³/mol. The summed E-state index contributed by atoms with van der Waals surface area (Å²) in [4.78, 5) is 9.24. The maximum atomic E-state index is 6.22. The molecule has 0 radical (unpaired) electrons. The topological polar surface area (TPSA) is 47.0 Å². The van der Waals surface area contributed by atoms with Crippen LogP contribution in [-0.2, 0) is 0 Å². The van der Waals surface area contributed by atoms with Crippen LogP contribution in [0.4, 0.5) is 5.13 Å². The number of hydrogen-bond donors (Lipinski definition) is 1. The van der Waals surface area contributed by atoms with E-state index in [0.29, 0.717) is 6.04 Å². The lowest BCUT2D eigenvalue weighted by atomic mass is 9.89. The highest BCUT2D eigenvalue weighted by molar-refractivity contribution is 7.22. The highest BCUT2D eigenvalue weighted by Crippen LogP contribution is 2.44. The maximum Gasteiger partial charge on any atom is 0.184 e. The summed E-state index contributed by atoms with van der Waals surface area (Å²) in [5.74, 6) is 3.42. The van der Waals surface area contributed by atoms with Crippen LogP contribution in [0.5, 0.6) is 11.5 Å². The van der Waals surface area contributed by atoms with Crippen LogP contribution in [0.25, 0.3) is 21.1 Å². The molecule has 1 N–H and O–H groups in total. The van der Waals surface area contributed by atoms with E-state index in [1.165, 1.54) is 32.1 Å². The van der Waals surface area contributed by atoms with Gasteiger partial charge in [-0.1, -0.05) is 36.3 Å². The number of nitrogens with one attached hydrogen (secondary N) is 1. The molecule has 0 amide bonds. The number of anilines is 1. The van der Waals surface area contributed by atoms with E-state index < -0.39 is 0 Å². The highest BCUT2D eigenvalue weighted by Gasteiger charge is 2.37. The van der Waals surface area contributed by atoms with Gasteiger partial charge in [-0.3, -0.25) is 4.98 Å². The van der Waals surface area contributed by atoms with Crippen molar-refractivity contribution in [3.8, 4) is 11.5 Å². The van der Waals surface area contributed by atoms with Crippen LogP contribution in [0.15, 0.2) is 54.7 Å². The van der Waals surface area contributed by atoms with Gasteiger partial charge < -0.3 is 10.1 Å². The molecule has 3 atom stereocenters. The molecule has 4 aromatic rings. The van der Waals surface area contributed by atoms with Crippen LogP contribution in [-0.4, -0.2) is 16.0 Å². The molecule has 29 heavy (non-hydrogen) atoms. The van der Waals surface area contributed by atoms with E-state index in [1.54, 1.807) is 17.5 Å². The summed E-state index contributed by atoms with van der Waals surface area (Å²) in [6.45, 7) is 0. The first kappa shape index (κ1) is 17.2. The smallest absolute Gasteiger partial charge is 0.184 e. The number of benzene rings is 2. The second-order valence-electron chi connectivity index (χ2n) is 8.36. The van der Waals surface area contributed by atoms with E-state index in [1.807, 2.05) is 36.4 Å². The second kappa shape index (κ2) is 6.99. The quantitative estimate of drug-likeness (QED) is 0.417. The standard InChI is InChI=1S/C24H23N3OS/c1-2-7-19-18(6-1)22(10-11-25-19)28-17-8-9-20-23(14-17)29-24(26-20)27-21-13-15-4-3-5-16(21)12-15/h1-2,6-11,14-16,21H,3-5,12-13H2,(H,26,27)/t15?,16-,21-/m1/s1. The van der Waals surface area contributed by atoms with Crippen LogP contribution in [0.3, 0.4) is 0 Å². The number of fused-ring (bicyclic) bond motifs is 4. The molecule has 0 aliphatic heterocycles. The molecule has 2 aromatic carbocycles. The van der Waals surface area contributed by atoms with Crippen LogP contribution in [0, 0.1) is 11.8 Å². The molecule has 2 bridgehead atoms. The number of para-hydroxylation sites is 1. The van der Waals surface area contributed by atoms with Gasteiger partial charge in [0.15, 0.2) is 5.13 Å². The summed E-state index contributed by atoms with van der Waals surface area (Å²) < 4.78 is 7.37. The second-order valence-corrected chi connectivity index (χ2v) is 9.39. The highest BCUT2D eigenvalue weighted by atomic mass is 32.1. The van der Waals surface area contributed by atoms with Crippen molar-refractivity contribution in [2.75, 3.05) is 5.32 Å². The first-order valence-corrected chi connectivity index (χ1v) is 11.3. The molecular weight excluding hydrogens is 378 g/mol. The molecule has 6 rings (SSSR count). The SMILES string of the molecule is c1ccc2c(Oc3ccc4nc(N[C@@H]5CC6CCC[C@@H]5C6)sc4c3)ccnc2c1. The molecule has 0 saturated heterocycles. The van der Waals surface area contributed by atoms with Gasteiger partial charge in [0.2, 0.25) is 0 Å². The molecule has 0 spiro atoms. The lowest BCUT2D eigenvalue weighted by molar-refractivity contribution is 0.354. The van der Waals surface area contributed by atoms with E-state index >= 15 is 0 Å². The van der Waals surface area contributed by atoms with Gasteiger partial charge in [0.1, 0.15) is 11.5 Å². The van der Waals surface area contributed by atoms with Crippen molar-refractivity contribution in [3.63, 3.8) is 0 Å². The lowest BCUT2D eigenvalue weighted by Crippen LogP contribution is -2.23. The van der Waals surface area contributed by atoms with Gasteiger partial charge in [-0.05, 0) is 61.4 Å². The summed E-state index contributed by atoms with van der Waals surface area (Å²) in [7, 11) is 0. The Morgan fingerprint density at radius 2 is 1.97 bits per heavy atom. The molecular formula is C24H23N3OS. The predicted octanol–water partition coefficient (Wildman–Crippen LogP) is 6.63. The normalized spacial score (nSPS) is 23.5. The monoisotopic (exact) mass is 401 g/mol. The van der Waals surface area contributed by atoms with E-state index in [2.05, 4.69) is 22.4 Å². The summed E-state index contributed by atoms with van der Waals surface area (Å²) in [5, 5.41) is 5.82. The molecule has 5 heteroatoms. The first-order chi connectivity index (χ1) is 14.3. The zero-order chi connectivity index (χ0) is 19.2. The fourth-order valence-electron chi connectivity index (χ4n) is 5.11. The minimum absolute atomic E-state index is 0.599. The Hall–Kier alpha value is -2.66. The van der Waals surface area contributed by atoms with E-state index in [-0.39, 0.29) is 0 Å². The molecule has 2 fully saturated rings. The van der Waals surface area contributed by atoms with Gasteiger partial charge >= 0.3 is 0 Å². The van der Waals surface area contributed by atoms with Crippen molar-refractivity contribution in [3.05, 3.63) is 54.7 Å². The number of hydrogen-bond acceptors (Lipinski definition) is 5. The maximum absolute atomic E-state index is 6.22. The minimum atomic E-state index is 0.599. The zero-order valence-corrected chi connectivity index (χ0v) is 17.0. The minimum Gasteiger partial charge on any atom is -0.457 e. The fourth-order valence-corrected chi connectivity index (χ4v) is 6.07. The molecule has 2 heterocycles. The molecule has 1 unspecified atom stereocenters. The van der Waals surface area contributed by atoms with E-state index in [9.17, 15) is 0 Å². The average Bonchev–Trinajstić information content (AvgIpc) is 3.27. The van der Waals surface area contributed by atoms with Crippen LogP contribution in [0.2, 0.25) is 0 Å². The van der Waals surface area contributed by atoms with Gasteiger partial charge in [-0.25, -0.2) is 4.98 Å². The number of thiazole rings is 1. The number of rotatable bonds is 4. The molecule has 4 nitrogen and oxygen atoms in total. The van der Waals surface area contributed by atoms with Crippen molar-refractivity contribution in [1.82, 2.24) is 9.97 Å². The number of pyridine rings is 1. The third-order valence-corrected chi connectivity index (χ3v) is 7.43. The Bertz CT molecular complexity index is 1180. The Labute approximate surface area is 174 Å². The third kappa shape index (κ3) is 3.23. The van der Waals surface area contributed by atoms with Crippen LogP contribution < -0.4 is 10.1 Å². The van der Waals surface area contributed by atoms with Crippen molar-refractivity contribution >= 4 is 37.6 Å². The Morgan fingerprint density at radius 3 is 2.93 bits per heavy atom. The van der Waals surface area contributed by atoms with E-state index in [4.69, 9.17) is 9.72 Å². The summed E-state index contributed by atoms with van der Waals surface area (Å²) in [6.07, 6.45) is 8.70. The summed E-state index contributed by atoms with van der Waals surface area (Å²) in [6, 6.07) is 16.7. The third-order valence-electron chi connectivity index (χ3n) is 6.49. The Balaban J connectivity index is 1.26. The van der Waals surface area contributed by atoms with Crippen molar-refractivity contribution in [2.45, 2.75) is 38.1 Å². The Kier molecular flexibility index (Phi) is 4.15. The molecule has 146 valence electrons. The fraction of sp³-hybridized carbons (Fsp3) is 0.333. The van der Waals surface area contributed by atoms with E-state index in [0.717, 1.165) is 49.6 Å². The molecule has 2 aliphatic rings. The van der Waals surface area contributed by atoms with Crippen LogP contribution >= 0.6 is 11.3 Å². The van der Waals surface area contributed by atoms with Crippen molar-refractivity contribution in [2.24, 2.45) is 11.8 Å². The summed E-state index contributed by atoms with van der Waals surface area (Å²) >= 11 is 1.73.